The van der Waals surface area contributed by atoms with Crippen molar-refractivity contribution in [1.82, 2.24) is 0 Å². The second kappa shape index (κ2) is 9.37. The van der Waals surface area contributed by atoms with Crippen molar-refractivity contribution in [3.8, 4) is 0 Å². The van der Waals surface area contributed by atoms with E-state index in [0.29, 0.717) is 6.54 Å². The van der Waals surface area contributed by atoms with Crippen molar-refractivity contribution in [3.05, 3.63) is 0 Å². The predicted octanol–water partition coefficient (Wildman–Crippen LogP) is 3.65. The Morgan fingerprint density at radius 3 is 2.22 bits per heavy atom. The van der Waals surface area contributed by atoms with E-state index >= 15 is 0 Å². The highest BCUT2D eigenvalue weighted by molar-refractivity contribution is 5.77. The van der Waals surface area contributed by atoms with Gasteiger partial charge in [0.1, 0.15) is 0 Å². The van der Waals surface area contributed by atoms with E-state index in [2.05, 4.69) is 6.92 Å². The summed E-state index contributed by atoms with van der Waals surface area (Å²) >= 11 is 0. The monoisotopic (exact) mass is 257 g/mol. The SMILES string of the molecule is CCCCCCC(C)OC(=O)C(CC)(CC)CN. The van der Waals surface area contributed by atoms with Gasteiger partial charge in [-0.1, -0.05) is 40.0 Å². The Balaban J connectivity index is 4.12. The van der Waals surface area contributed by atoms with E-state index in [1.165, 1.54) is 19.3 Å². The Kier molecular flexibility index (Phi) is 9.08. The number of hydrogen-bond acceptors (Lipinski definition) is 3. The number of nitrogens with two attached hydrogens (primary N) is 1. The lowest BCUT2D eigenvalue weighted by Crippen LogP contribution is -2.40. The van der Waals surface area contributed by atoms with Gasteiger partial charge in [0, 0.05) is 6.54 Å². The smallest absolute Gasteiger partial charge is 0.313 e. The molecule has 0 aliphatic carbocycles. The third kappa shape index (κ3) is 5.38. The molecule has 0 aromatic rings. The molecule has 0 saturated carbocycles. The zero-order valence-corrected chi connectivity index (χ0v) is 12.6. The van der Waals surface area contributed by atoms with Crippen LogP contribution in [-0.4, -0.2) is 18.6 Å². The van der Waals surface area contributed by atoms with E-state index in [1.54, 1.807) is 0 Å². The minimum atomic E-state index is -0.475. The molecule has 0 rings (SSSR count). The first-order chi connectivity index (χ1) is 8.56. The summed E-state index contributed by atoms with van der Waals surface area (Å²) in [5.41, 5.74) is 5.27. The maximum atomic E-state index is 12.2. The van der Waals surface area contributed by atoms with Crippen molar-refractivity contribution in [1.29, 1.82) is 0 Å². The van der Waals surface area contributed by atoms with Gasteiger partial charge in [-0.3, -0.25) is 4.79 Å². The summed E-state index contributed by atoms with van der Waals surface area (Å²) in [6.45, 7) is 8.56. The van der Waals surface area contributed by atoms with Gasteiger partial charge in [0.2, 0.25) is 0 Å². The molecule has 0 fully saturated rings. The summed E-state index contributed by atoms with van der Waals surface area (Å²) < 4.78 is 5.55. The Morgan fingerprint density at radius 1 is 1.17 bits per heavy atom. The van der Waals surface area contributed by atoms with Gasteiger partial charge in [0.05, 0.1) is 11.5 Å². The number of rotatable bonds is 10. The summed E-state index contributed by atoms with van der Waals surface area (Å²) in [5.74, 6) is -0.113. The van der Waals surface area contributed by atoms with Crippen LogP contribution in [0.4, 0.5) is 0 Å². The molecule has 0 aromatic carbocycles. The van der Waals surface area contributed by atoms with E-state index in [0.717, 1.165) is 25.7 Å². The molecule has 0 aromatic heterocycles. The maximum absolute atomic E-state index is 12.2. The minimum absolute atomic E-state index is 0.0124. The highest BCUT2D eigenvalue weighted by Gasteiger charge is 2.35. The highest BCUT2D eigenvalue weighted by Crippen LogP contribution is 2.27. The van der Waals surface area contributed by atoms with Crippen molar-refractivity contribution in [2.45, 2.75) is 78.7 Å². The first-order valence-electron chi connectivity index (χ1n) is 7.47. The van der Waals surface area contributed by atoms with Crippen molar-refractivity contribution in [2.24, 2.45) is 11.1 Å². The Bertz CT molecular complexity index is 216. The van der Waals surface area contributed by atoms with E-state index < -0.39 is 5.41 Å². The lowest BCUT2D eigenvalue weighted by molar-refractivity contribution is -0.161. The van der Waals surface area contributed by atoms with Crippen molar-refractivity contribution < 1.29 is 9.53 Å². The molecule has 0 aliphatic rings. The molecule has 18 heavy (non-hydrogen) atoms. The summed E-state index contributed by atoms with van der Waals surface area (Å²) in [5, 5.41) is 0. The van der Waals surface area contributed by atoms with Crippen molar-refractivity contribution in [2.75, 3.05) is 6.54 Å². The quantitative estimate of drug-likeness (QED) is 0.480. The van der Waals surface area contributed by atoms with E-state index in [1.807, 2.05) is 20.8 Å². The first kappa shape index (κ1) is 17.4. The van der Waals surface area contributed by atoms with E-state index in [-0.39, 0.29) is 12.1 Å². The molecular formula is C15H31NO2. The van der Waals surface area contributed by atoms with Gasteiger partial charge in [-0.15, -0.1) is 0 Å². The summed E-state index contributed by atoms with van der Waals surface area (Å²) in [4.78, 5) is 12.2. The van der Waals surface area contributed by atoms with Gasteiger partial charge < -0.3 is 10.5 Å². The molecule has 0 amide bonds. The number of unbranched alkanes of at least 4 members (excludes halogenated alkanes) is 3. The summed E-state index contributed by atoms with van der Waals surface area (Å²) in [6.07, 6.45) is 7.33. The van der Waals surface area contributed by atoms with Crippen LogP contribution in [0.5, 0.6) is 0 Å². The topological polar surface area (TPSA) is 52.3 Å². The first-order valence-corrected chi connectivity index (χ1v) is 7.47. The fourth-order valence-electron chi connectivity index (χ4n) is 2.14. The molecule has 1 unspecified atom stereocenters. The number of carbonyl (C=O) groups excluding carboxylic acids is 1. The average molecular weight is 257 g/mol. The number of esters is 1. The number of hydrogen-bond donors (Lipinski definition) is 1. The molecule has 0 bridgehead atoms. The summed E-state index contributed by atoms with van der Waals surface area (Å²) in [7, 11) is 0. The van der Waals surface area contributed by atoms with Crippen LogP contribution in [0.3, 0.4) is 0 Å². The molecule has 0 spiro atoms. The molecule has 1 atom stereocenters. The van der Waals surface area contributed by atoms with Crippen LogP contribution in [0.25, 0.3) is 0 Å². The van der Waals surface area contributed by atoms with Gasteiger partial charge in [-0.05, 0) is 32.6 Å². The minimum Gasteiger partial charge on any atom is -0.462 e. The lowest BCUT2D eigenvalue weighted by atomic mass is 9.82. The number of carbonyl (C=O) groups is 1. The maximum Gasteiger partial charge on any atom is 0.313 e. The lowest BCUT2D eigenvalue weighted by Gasteiger charge is -2.29. The molecule has 108 valence electrons. The molecule has 3 nitrogen and oxygen atoms in total. The molecule has 0 saturated heterocycles. The molecule has 0 radical (unpaired) electrons. The van der Waals surface area contributed by atoms with Crippen LogP contribution >= 0.6 is 0 Å². The van der Waals surface area contributed by atoms with Gasteiger partial charge in [-0.2, -0.15) is 0 Å². The van der Waals surface area contributed by atoms with Crippen molar-refractivity contribution in [3.63, 3.8) is 0 Å². The van der Waals surface area contributed by atoms with Crippen LogP contribution in [-0.2, 0) is 9.53 Å². The van der Waals surface area contributed by atoms with Gasteiger partial charge in [0.15, 0.2) is 0 Å². The second-order valence-electron chi connectivity index (χ2n) is 5.26. The largest absolute Gasteiger partial charge is 0.462 e. The fraction of sp³-hybridized carbons (Fsp3) is 0.933. The van der Waals surface area contributed by atoms with Crippen LogP contribution in [0.2, 0.25) is 0 Å². The fourth-order valence-corrected chi connectivity index (χ4v) is 2.14. The van der Waals surface area contributed by atoms with E-state index in [4.69, 9.17) is 10.5 Å². The normalized spacial score (nSPS) is 13.4. The molecular weight excluding hydrogens is 226 g/mol. The zero-order chi connectivity index (χ0) is 14.0. The van der Waals surface area contributed by atoms with E-state index in [9.17, 15) is 4.79 Å². The highest BCUT2D eigenvalue weighted by atomic mass is 16.5. The van der Waals surface area contributed by atoms with Crippen LogP contribution in [0, 0.1) is 5.41 Å². The van der Waals surface area contributed by atoms with Crippen molar-refractivity contribution >= 4 is 5.97 Å². The Morgan fingerprint density at radius 2 is 1.78 bits per heavy atom. The van der Waals surface area contributed by atoms with Gasteiger partial charge >= 0.3 is 5.97 Å². The molecule has 2 N–H and O–H groups in total. The van der Waals surface area contributed by atoms with Crippen LogP contribution in [0.15, 0.2) is 0 Å². The summed E-state index contributed by atoms with van der Waals surface area (Å²) in [6, 6.07) is 0. The standard InChI is InChI=1S/C15H31NO2/c1-5-8-9-10-11-13(4)18-14(17)15(6-2,7-3)12-16/h13H,5-12,16H2,1-4H3. The van der Waals surface area contributed by atoms with Crippen LogP contribution in [0.1, 0.15) is 72.6 Å². The van der Waals surface area contributed by atoms with Gasteiger partial charge in [-0.25, -0.2) is 0 Å². The third-order valence-corrected chi connectivity index (χ3v) is 3.95. The number of ether oxygens (including phenoxy) is 1. The predicted molar refractivity (Wildman–Crippen MR) is 76.4 cm³/mol. The Labute approximate surface area is 112 Å². The molecule has 0 aliphatic heterocycles. The zero-order valence-electron chi connectivity index (χ0n) is 12.6. The molecule has 0 heterocycles. The third-order valence-electron chi connectivity index (χ3n) is 3.95. The Hall–Kier alpha value is -0.570. The molecule has 3 heteroatoms. The van der Waals surface area contributed by atoms with Gasteiger partial charge in [0.25, 0.3) is 0 Å². The van der Waals surface area contributed by atoms with Crippen LogP contribution < -0.4 is 5.73 Å². The average Bonchev–Trinajstić information content (AvgIpc) is 2.37. The second-order valence-corrected chi connectivity index (χ2v) is 5.26.